The van der Waals surface area contributed by atoms with Gasteiger partial charge in [-0.05, 0) is 30.2 Å². The number of aromatic nitrogens is 6. The fourth-order valence-corrected chi connectivity index (χ4v) is 5.14. The normalized spacial score (nSPS) is 11.8. The van der Waals surface area contributed by atoms with E-state index in [1.54, 1.807) is 17.2 Å². The molecule has 9 heteroatoms. The van der Waals surface area contributed by atoms with Gasteiger partial charge in [0.15, 0.2) is 0 Å². The minimum absolute atomic E-state index is 0.0703. The van der Waals surface area contributed by atoms with Crippen LogP contribution in [-0.2, 0) is 26.1 Å². The number of thiazole rings is 1. The van der Waals surface area contributed by atoms with E-state index in [0.717, 1.165) is 49.7 Å². The van der Waals surface area contributed by atoms with Gasteiger partial charge >= 0.3 is 0 Å². The van der Waals surface area contributed by atoms with Gasteiger partial charge in [0.1, 0.15) is 11.2 Å². The molecule has 1 aromatic carbocycles. The summed E-state index contributed by atoms with van der Waals surface area (Å²) in [5, 5.41) is 8.29. The Kier molecular flexibility index (Phi) is 5.96. The van der Waals surface area contributed by atoms with Crippen LogP contribution >= 0.6 is 11.3 Å². The zero-order valence-electron chi connectivity index (χ0n) is 21.3. The molecule has 0 bridgehead atoms. The lowest BCUT2D eigenvalue weighted by Gasteiger charge is -2.13. The lowest BCUT2D eigenvalue weighted by Crippen LogP contribution is -2.22. The van der Waals surface area contributed by atoms with E-state index in [9.17, 15) is 4.79 Å². The second-order valence-electron chi connectivity index (χ2n) is 10.1. The number of nitrogens with one attached hydrogen (secondary N) is 1. The molecule has 0 aliphatic rings. The van der Waals surface area contributed by atoms with Crippen LogP contribution in [0.4, 0.5) is 0 Å². The average molecular weight is 500 g/mol. The Hall–Kier alpha value is -3.85. The largest absolute Gasteiger partial charge is 0.347 e. The Bertz CT molecular complexity index is 1590. The van der Waals surface area contributed by atoms with Gasteiger partial charge in [-0.3, -0.25) is 9.48 Å². The summed E-state index contributed by atoms with van der Waals surface area (Å²) in [7, 11) is 3.93. The number of fused-ring (bicyclic) bond motifs is 1. The van der Waals surface area contributed by atoms with Gasteiger partial charge in [-0.1, -0.05) is 32.9 Å². The van der Waals surface area contributed by atoms with Crippen molar-refractivity contribution < 1.29 is 4.79 Å². The van der Waals surface area contributed by atoms with Crippen LogP contribution in [-0.4, -0.2) is 35.2 Å². The number of carbonyl (C=O) groups excluding carboxylic acids is 1. The maximum Gasteiger partial charge on any atom is 0.263 e. The van der Waals surface area contributed by atoms with Crippen molar-refractivity contribution in [1.82, 2.24) is 34.6 Å². The number of carbonyl (C=O) groups is 1. The molecule has 0 unspecified atom stereocenters. The molecule has 1 N–H and O–H groups in total. The molecule has 0 aliphatic carbocycles. The zero-order valence-corrected chi connectivity index (χ0v) is 22.1. The molecule has 0 saturated carbocycles. The molecule has 36 heavy (non-hydrogen) atoms. The quantitative estimate of drug-likeness (QED) is 0.366. The Balaban J connectivity index is 1.39. The first kappa shape index (κ1) is 23.9. The molecule has 5 rings (SSSR count). The van der Waals surface area contributed by atoms with Crippen molar-refractivity contribution in [2.75, 3.05) is 0 Å². The standard InChI is InChI=1S/C27H29N7OS/c1-16-9-17(7-8-18(16)11-28-25(35)22-13-29-26(36-22)27(2,3)4)23-24-20(30-15-31-23)10-21(34(24)6)19-12-32-33(5)14-19/h7-10,12-15H,11H2,1-6H3,(H,28,35). The lowest BCUT2D eigenvalue weighted by atomic mass is 9.98. The number of nitrogens with zero attached hydrogens (tertiary/aromatic N) is 6. The van der Waals surface area contributed by atoms with Crippen LogP contribution in [0.25, 0.3) is 33.5 Å². The van der Waals surface area contributed by atoms with Crippen LogP contribution in [0.1, 0.15) is 46.6 Å². The molecule has 0 atom stereocenters. The third-order valence-corrected chi connectivity index (χ3v) is 7.67. The average Bonchev–Trinajstić information content (AvgIpc) is 3.57. The first-order valence-electron chi connectivity index (χ1n) is 11.8. The van der Waals surface area contributed by atoms with Gasteiger partial charge in [0, 0.05) is 43.4 Å². The number of amides is 1. The molecule has 8 nitrogen and oxygen atoms in total. The molecular weight excluding hydrogens is 470 g/mol. The number of rotatable bonds is 5. The van der Waals surface area contributed by atoms with Crippen LogP contribution in [0, 0.1) is 6.92 Å². The molecule has 0 saturated heterocycles. The maximum absolute atomic E-state index is 12.7. The van der Waals surface area contributed by atoms with Crippen LogP contribution in [0.2, 0.25) is 0 Å². The molecule has 0 spiro atoms. The highest BCUT2D eigenvalue weighted by Crippen LogP contribution is 2.32. The van der Waals surface area contributed by atoms with E-state index in [2.05, 4.69) is 81.9 Å². The molecule has 4 aromatic heterocycles. The summed E-state index contributed by atoms with van der Waals surface area (Å²) in [6.07, 6.45) is 7.11. The molecule has 1 amide bonds. The topological polar surface area (TPSA) is 90.5 Å². The maximum atomic E-state index is 12.7. The van der Waals surface area contributed by atoms with E-state index in [1.165, 1.54) is 11.3 Å². The Labute approximate surface area is 214 Å². The molecule has 5 aromatic rings. The summed E-state index contributed by atoms with van der Waals surface area (Å²) < 4.78 is 3.91. The first-order chi connectivity index (χ1) is 17.1. The van der Waals surface area contributed by atoms with E-state index >= 15 is 0 Å². The van der Waals surface area contributed by atoms with Crippen LogP contribution < -0.4 is 5.32 Å². The van der Waals surface area contributed by atoms with E-state index in [4.69, 9.17) is 0 Å². The van der Waals surface area contributed by atoms with Crippen molar-refractivity contribution in [3.8, 4) is 22.5 Å². The third-order valence-electron chi connectivity index (χ3n) is 6.25. The van der Waals surface area contributed by atoms with Gasteiger partial charge in [-0.2, -0.15) is 5.10 Å². The Morgan fingerprint density at radius 3 is 2.53 bits per heavy atom. The SMILES string of the molecule is Cc1cc(-c2ncnc3cc(-c4cnn(C)c4)n(C)c23)ccc1CNC(=O)c1cnc(C(C)(C)C)s1. The van der Waals surface area contributed by atoms with Crippen molar-refractivity contribution >= 4 is 28.3 Å². The highest BCUT2D eigenvalue weighted by molar-refractivity contribution is 7.13. The number of hydrogen-bond acceptors (Lipinski definition) is 6. The van der Waals surface area contributed by atoms with Gasteiger partial charge in [-0.25, -0.2) is 15.0 Å². The van der Waals surface area contributed by atoms with E-state index in [0.29, 0.717) is 11.4 Å². The number of hydrogen-bond donors (Lipinski definition) is 1. The van der Waals surface area contributed by atoms with Crippen molar-refractivity contribution in [1.29, 1.82) is 0 Å². The predicted molar refractivity (Wildman–Crippen MR) is 143 cm³/mol. The van der Waals surface area contributed by atoms with Crippen LogP contribution in [0.3, 0.4) is 0 Å². The zero-order chi connectivity index (χ0) is 25.6. The van der Waals surface area contributed by atoms with Crippen LogP contribution in [0.5, 0.6) is 0 Å². The van der Waals surface area contributed by atoms with E-state index < -0.39 is 0 Å². The summed E-state index contributed by atoms with van der Waals surface area (Å²) >= 11 is 1.45. The summed E-state index contributed by atoms with van der Waals surface area (Å²) in [4.78, 5) is 26.9. The second kappa shape index (κ2) is 8.98. The third kappa shape index (κ3) is 4.42. The van der Waals surface area contributed by atoms with Gasteiger partial charge in [-0.15, -0.1) is 11.3 Å². The Morgan fingerprint density at radius 1 is 1.06 bits per heavy atom. The summed E-state index contributed by atoms with van der Waals surface area (Å²) in [5.74, 6) is -0.101. The van der Waals surface area contributed by atoms with Gasteiger partial charge < -0.3 is 9.88 Å². The van der Waals surface area contributed by atoms with Gasteiger partial charge in [0.2, 0.25) is 0 Å². The van der Waals surface area contributed by atoms with Crippen molar-refractivity contribution in [3.05, 3.63) is 70.2 Å². The monoisotopic (exact) mass is 499 g/mol. The van der Waals surface area contributed by atoms with Crippen molar-refractivity contribution in [3.63, 3.8) is 0 Å². The smallest absolute Gasteiger partial charge is 0.263 e. The number of benzene rings is 1. The lowest BCUT2D eigenvalue weighted by molar-refractivity contribution is 0.0954. The highest BCUT2D eigenvalue weighted by atomic mass is 32.1. The predicted octanol–water partition coefficient (Wildman–Crippen LogP) is 5.03. The van der Waals surface area contributed by atoms with Gasteiger partial charge in [0.05, 0.1) is 39.8 Å². The van der Waals surface area contributed by atoms with E-state index in [1.807, 2.05) is 26.5 Å². The molecule has 184 valence electrons. The van der Waals surface area contributed by atoms with Crippen molar-refractivity contribution in [2.24, 2.45) is 14.1 Å². The minimum Gasteiger partial charge on any atom is -0.347 e. The first-order valence-corrected chi connectivity index (χ1v) is 12.6. The summed E-state index contributed by atoms with van der Waals surface area (Å²) in [6, 6.07) is 8.29. The summed E-state index contributed by atoms with van der Waals surface area (Å²) in [6.45, 7) is 8.79. The van der Waals surface area contributed by atoms with Crippen molar-refractivity contribution in [2.45, 2.75) is 39.7 Å². The molecule has 0 fully saturated rings. The second-order valence-corrected chi connectivity index (χ2v) is 11.1. The summed E-state index contributed by atoms with van der Waals surface area (Å²) in [5.41, 5.74) is 7.87. The molecular formula is C27H29N7OS. The molecule has 0 radical (unpaired) electrons. The fourth-order valence-electron chi connectivity index (χ4n) is 4.25. The Morgan fingerprint density at radius 2 is 1.86 bits per heavy atom. The van der Waals surface area contributed by atoms with Crippen LogP contribution in [0.15, 0.2) is 49.2 Å². The molecule has 0 aliphatic heterocycles. The highest BCUT2D eigenvalue weighted by Gasteiger charge is 2.21. The minimum atomic E-state index is -0.101. The fraction of sp³-hybridized carbons (Fsp3) is 0.296. The van der Waals surface area contributed by atoms with Gasteiger partial charge in [0.25, 0.3) is 5.91 Å². The molecule has 4 heterocycles. The number of aryl methyl sites for hydroxylation is 3. The van der Waals surface area contributed by atoms with E-state index in [-0.39, 0.29) is 11.3 Å².